The number of rotatable bonds is 2. The van der Waals surface area contributed by atoms with E-state index in [4.69, 9.17) is 5.11 Å². The largest absolute Gasteiger partial charge is 0.478 e. The van der Waals surface area contributed by atoms with Crippen LogP contribution in [0.1, 0.15) is 16.8 Å². The predicted octanol–water partition coefficient (Wildman–Crippen LogP) is 1.72. The number of nitrogens with zero attached hydrogens (tertiary/aromatic N) is 2. The van der Waals surface area contributed by atoms with Gasteiger partial charge in [-0.1, -0.05) is 0 Å². The second kappa shape index (κ2) is 5.21. The number of hydrogen-bond donors (Lipinski definition) is 1. The van der Waals surface area contributed by atoms with E-state index in [1.807, 2.05) is 11.8 Å². The molecular weight excluding hydrogens is 224 g/mol. The Kier molecular flexibility index (Phi) is 3.66. The quantitative estimate of drug-likeness (QED) is 0.850. The number of anilines is 1. The number of carboxylic acids is 1. The SMILES string of the molecule is O=C(O)c1ccncc1N1CCCSCC1. The first-order valence-electron chi connectivity index (χ1n) is 5.29. The standard InChI is InChI=1S/C11H14N2O2S/c14-11(15)9-2-3-12-8-10(9)13-4-1-6-16-7-5-13/h2-3,8H,1,4-7H2,(H,14,15). The normalized spacial score (nSPS) is 16.9. The number of pyridine rings is 1. The van der Waals surface area contributed by atoms with E-state index < -0.39 is 5.97 Å². The van der Waals surface area contributed by atoms with Crippen molar-refractivity contribution in [2.24, 2.45) is 0 Å². The maximum absolute atomic E-state index is 11.1. The molecule has 2 heterocycles. The van der Waals surface area contributed by atoms with Gasteiger partial charge in [0, 0.05) is 25.0 Å². The molecule has 0 radical (unpaired) electrons. The van der Waals surface area contributed by atoms with E-state index in [2.05, 4.69) is 9.88 Å². The number of thioether (sulfide) groups is 1. The molecule has 1 fully saturated rings. The molecule has 0 amide bonds. The summed E-state index contributed by atoms with van der Waals surface area (Å²) in [6.07, 6.45) is 4.28. The Balaban J connectivity index is 2.27. The molecule has 86 valence electrons. The molecule has 2 rings (SSSR count). The van der Waals surface area contributed by atoms with E-state index in [1.54, 1.807) is 12.3 Å². The summed E-state index contributed by atoms with van der Waals surface area (Å²) in [5.74, 6) is 1.32. The zero-order valence-corrected chi connectivity index (χ0v) is 9.74. The Morgan fingerprint density at radius 3 is 3.12 bits per heavy atom. The number of carbonyl (C=O) groups is 1. The molecule has 0 spiro atoms. The Bertz CT molecular complexity index is 376. The van der Waals surface area contributed by atoms with Gasteiger partial charge in [0.2, 0.25) is 0 Å². The van der Waals surface area contributed by atoms with Crippen LogP contribution in [-0.2, 0) is 0 Å². The van der Waals surface area contributed by atoms with Gasteiger partial charge in [-0.3, -0.25) is 4.98 Å². The van der Waals surface area contributed by atoms with E-state index in [0.29, 0.717) is 5.56 Å². The average molecular weight is 238 g/mol. The lowest BCUT2D eigenvalue weighted by molar-refractivity contribution is 0.0697. The first kappa shape index (κ1) is 11.3. The summed E-state index contributed by atoms with van der Waals surface area (Å²) in [5, 5.41) is 9.11. The van der Waals surface area contributed by atoms with Gasteiger partial charge in [0.05, 0.1) is 17.4 Å². The maximum atomic E-state index is 11.1. The molecule has 0 saturated carbocycles. The molecule has 16 heavy (non-hydrogen) atoms. The second-order valence-electron chi connectivity index (χ2n) is 3.65. The van der Waals surface area contributed by atoms with Crippen molar-refractivity contribution in [1.29, 1.82) is 0 Å². The molecule has 1 aromatic rings. The van der Waals surface area contributed by atoms with Gasteiger partial charge in [-0.15, -0.1) is 0 Å². The highest BCUT2D eigenvalue weighted by Gasteiger charge is 2.17. The van der Waals surface area contributed by atoms with Crippen LogP contribution >= 0.6 is 11.8 Å². The molecule has 1 aliphatic rings. The van der Waals surface area contributed by atoms with Crippen molar-refractivity contribution < 1.29 is 9.90 Å². The Hall–Kier alpha value is -1.23. The lowest BCUT2D eigenvalue weighted by Crippen LogP contribution is -2.27. The fourth-order valence-electron chi connectivity index (χ4n) is 1.81. The summed E-state index contributed by atoms with van der Waals surface area (Å²) in [6, 6.07) is 1.57. The monoisotopic (exact) mass is 238 g/mol. The second-order valence-corrected chi connectivity index (χ2v) is 4.88. The third-order valence-corrected chi connectivity index (χ3v) is 3.64. The minimum absolute atomic E-state index is 0.349. The summed E-state index contributed by atoms with van der Waals surface area (Å²) in [6.45, 7) is 1.82. The van der Waals surface area contributed by atoms with Crippen LogP contribution in [0.25, 0.3) is 0 Å². The maximum Gasteiger partial charge on any atom is 0.337 e. The third kappa shape index (κ3) is 2.47. The number of aromatic carboxylic acids is 1. The van der Waals surface area contributed by atoms with Gasteiger partial charge in [0.1, 0.15) is 0 Å². The molecule has 0 atom stereocenters. The van der Waals surface area contributed by atoms with Crippen molar-refractivity contribution in [3.8, 4) is 0 Å². The number of hydrogen-bond acceptors (Lipinski definition) is 4. The molecule has 0 unspecified atom stereocenters. The van der Waals surface area contributed by atoms with Crippen LogP contribution in [0, 0.1) is 0 Å². The van der Waals surface area contributed by atoms with Gasteiger partial charge in [-0.2, -0.15) is 11.8 Å². The highest BCUT2D eigenvalue weighted by molar-refractivity contribution is 7.99. The fourth-order valence-corrected chi connectivity index (χ4v) is 2.69. The smallest absolute Gasteiger partial charge is 0.337 e. The van der Waals surface area contributed by atoms with E-state index in [0.717, 1.165) is 36.7 Å². The van der Waals surface area contributed by atoms with Crippen LogP contribution in [0.5, 0.6) is 0 Å². The van der Waals surface area contributed by atoms with Gasteiger partial charge >= 0.3 is 5.97 Å². The van der Waals surface area contributed by atoms with Gasteiger partial charge < -0.3 is 10.0 Å². The van der Waals surface area contributed by atoms with Crippen molar-refractivity contribution in [3.05, 3.63) is 24.0 Å². The van der Waals surface area contributed by atoms with Crippen molar-refractivity contribution in [1.82, 2.24) is 4.98 Å². The summed E-state index contributed by atoms with van der Waals surface area (Å²) < 4.78 is 0. The van der Waals surface area contributed by atoms with Crippen LogP contribution < -0.4 is 4.90 Å². The zero-order valence-electron chi connectivity index (χ0n) is 8.93. The van der Waals surface area contributed by atoms with Crippen LogP contribution in [-0.4, -0.2) is 40.7 Å². The van der Waals surface area contributed by atoms with E-state index in [1.165, 1.54) is 6.20 Å². The van der Waals surface area contributed by atoms with Crippen molar-refractivity contribution in [2.75, 3.05) is 29.5 Å². The molecule has 4 nitrogen and oxygen atoms in total. The van der Waals surface area contributed by atoms with Crippen LogP contribution in [0.2, 0.25) is 0 Å². The summed E-state index contributed by atoms with van der Waals surface area (Å²) in [5.41, 5.74) is 1.10. The van der Waals surface area contributed by atoms with Gasteiger partial charge in [0.15, 0.2) is 0 Å². The van der Waals surface area contributed by atoms with Crippen LogP contribution in [0.3, 0.4) is 0 Å². The predicted molar refractivity (Wildman–Crippen MR) is 65.4 cm³/mol. The Labute approximate surface area is 98.7 Å². The van der Waals surface area contributed by atoms with Gasteiger partial charge in [-0.25, -0.2) is 4.79 Å². The third-order valence-electron chi connectivity index (χ3n) is 2.59. The molecule has 0 aliphatic carbocycles. The minimum Gasteiger partial charge on any atom is -0.478 e. The first-order chi connectivity index (χ1) is 7.79. The van der Waals surface area contributed by atoms with E-state index in [9.17, 15) is 4.79 Å². The lowest BCUT2D eigenvalue weighted by atomic mass is 10.2. The molecule has 1 aromatic heterocycles. The lowest BCUT2D eigenvalue weighted by Gasteiger charge is -2.23. The van der Waals surface area contributed by atoms with E-state index >= 15 is 0 Å². The number of carboxylic acid groups (broad SMARTS) is 1. The van der Waals surface area contributed by atoms with Crippen LogP contribution in [0.4, 0.5) is 5.69 Å². The first-order valence-corrected chi connectivity index (χ1v) is 6.44. The molecule has 1 saturated heterocycles. The molecule has 1 aliphatic heterocycles. The van der Waals surface area contributed by atoms with Gasteiger partial charge in [-0.05, 0) is 18.2 Å². The van der Waals surface area contributed by atoms with Crippen molar-refractivity contribution in [3.63, 3.8) is 0 Å². The number of aromatic nitrogens is 1. The summed E-state index contributed by atoms with van der Waals surface area (Å²) in [7, 11) is 0. The van der Waals surface area contributed by atoms with Crippen LogP contribution in [0.15, 0.2) is 18.5 Å². The molecule has 0 bridgehead atoms. The Morgan fingerprint density at radius 1 is 1.44 bits per heavy atom. The molecule has 5 heteroatoms. The minimum atomic E-state index is -0.880. The topological polar surface area (TPSA) is 53.4 Å². The van der Waals surface area contributed by atoms with Gasteiger partial charge in [0.25, 0.3) is 0 Å². The highest BCUT2D eigenvalue weighted by atomic mass is 32.2. The highest BCUT2D eigenvalue weighted by Crippen LogP contribution is 2.22. The van der Waals surface area contributed by atoms with E-state index in [-0.39, 0.29) is 0 Å². The van der Waals surface area contributed by atoms with Crippen molar-refractivity contribution in [2.45, 2.75) is 6.42 Å². The summed E-state index contributed by atoms with van der Waals surface area (Å²) in [4.78, 5) is 17.2. The molecular formula is C11H14N2O2S. The fraction of sp³-hybridized carbons (Fsp3) is 0.455. The average Bonchev–Trinajstić information content (AvgIpc) is 2.57. The Morgan fingerprint density at radius 2 is 2.31 bits per heavy atom. The summed E-state index contributed by atoms with van der Waals surface area (Å²) >= 11 is 1.92. The molecule has 0 aromatic carbocycles. The molecule has 1 N–H and O–H groups in total. The van der Waals surface area contributed by atoms with Crippen molar-refractivity contribution >= 4 is 23.4 Å². The zero-order chi connectivity index (χ0) is 11.4.